The van der Waals surface area contributed by atoms with Crippen molar-refractivity contribution >= 4 is 5.82 Å². The Hall–Kier alpha value is -1.20. The highest BCUT2D eigenvalue weighted by Gasteiger charge is 2.12. The molecule has 1 rings (SSSR count). The molecule has 0 saturated heterocycles. The summed E-state index contributed by atoms with van der Waals surface area (Å²) in [5.74, 6) is 0.252. The molecule has 0 aliphatic rings. The molecule has 0 atom stereocenters. The lowest BCUT2D eigenvalue weighted by Crippen LogP contribution is -2.12. The number of nitrogen functional groups attached to an aromatic ring is 1. The summed E-state index contributed by atoms with van der Waals surface area (Å²) in [7, 11) is 0. The monoisotopic (exact) mass is 190 g/mol. The second-order valence-corrected chi connectivity index (χ2v) is 2.74. The molecule has 0 radical (unpaired) electrons. The summed E-state index contributed by atoms with van der Waals surface area (Å²) in [6.07, 6.45) is -0.955. The van der Waals surface area contributed by atoms with Crippen LogP contribution in [0.1, 0.15) is 19.0 Å². The molecule has 0 aromatic carbocycles. The first kappa shape index (κ1) is 9.88. The molecule has 2 N–H and O–H groups in total. The Kier molecular flexibility index (Phi) is 3.16. The van der Waals surface area contributed by atoms with Crippen LogP contribution in [-0.4, -0.2) is 21.4 Å². The fourth-order valence-electron chi connectivity index (χ4n) is 1.12. The van der Waals surface area contributed by atoms with Crippen LogP contribution in [0.3, 0.4) is 0 Å². The lowest BCUT2D eigenvalue weighted by molar-refractivity contribution is 0.119. The highest BCUT2D eigenvalue weighted by molar-refractivity contribution is 5.32. The molecule has 74 valence electrons. The minimum absolute atomic E-state index is 0.252. The third-order valence-electron chi connectivity index (χ3n) is 1.67. The molecular formula is C7H12F2N4. The standard InChI is InChI=1S/C7H12F2N4/c1-2-3-5-7(10)11-12-13(5)4-6(8)9/h6H,2-4,10H2,1H3. The number of nitrogens with two attached hydrogens (primary N) is 1. The number of anilines is 1. The Labute approximate surface area is 74.7 Å². The van der Waals surface area contributed by atoms with Crippen LogP contribution in [0, 0.1) is 0 Å². The SMILES string of the molecule is CCCc1c(N)nnn1CC(F)F. The van der Waals surface area contributed by atoms with E-state index in [1.54, 1.807) is 0 Å². The average Bonchev–Trinajstić information content (AvgIpc) is 2.35. The Morgan fingerprint density at radius 2 is 2.23 bits per heavy atom. The smallest absolute Gasteiger partial charge is 0.257 e. The van der Waals surface area contributed by atoms with Crippen LogP contribution in [0.5, 0.6) is 0 Å². The number of aromatic nitrogens is 3. The molecule has 0 bridgehead atoms. The molecule has 0 unspecified atom stereocenters. The maximum Gasteiger partial charge on any atom is 0.257 e. The third kappa shape index (κ3) is 2.37. The van der Waals surface area contributed by atoms with E-state index in [0.29, 0.717) is 12.1 Å². The lowest BCUT2D eigenvalue weighted by atomic mass is 10.2. The highest BCUT2D eigenvalue weighted by Crippen LogP contribution is 2.11. The van der Waals surface area contributed by atoms with Gasteiger partial charge in [0.05, 0.1) is 5.69 Å². The molecule has 13 heavy (non-hydrogen) atoms. The molecule has 0 aliphatic heterocycles. The Balaban J connectivity index is 2.80. The zero-order chi connectivity index (χ0) is 9.84. The van der Waals surface area contributed by atoms with Crippen molar-refractivity contribution in [1.29, 1.82) is 0 Å². The zero-order valence-corrected chi connectivity index (χ0v) is 7.37. The number of hydrogen-bond acceptors (Lipinski definition) is 3. The van der Waals surface area contributed by atoms with Gasteiger partial charge in [-0.05, 0) is 6.42 Å². The summed E-state index contributed by atoms with van der Waals surface area (Å²) in [6, 6.07) is 0. The minimum Gasteiger partial charge on any atom is -0.381 e. The van der Waals surface area contributed by atoms with Crippen LogP contribution in [0.25, 0.3) is 0 Å². The normalized spacial score (nSPS) is 11.1. The molecule has 1 aromatic heterocycles. The fourth-order valence-corrected chi connectivity index (χ4v) is 1.12. The first-order valence-corrected chi connectivity index (χ1v) is 4.11. The van der Waals surface area contributed by atoms with Gasteiger partial charge in [-0.15, -0.1) is 5.10 Å². The topological polar surface area (TPSA) is 56.7 Å². The van der Waals surface area contributed by atoms with Crippen LogP contribution in [0.4, 0.5) is 14.6 Å². The van der Waals surface area contributed by atoms with Gasteiger partial charge >= 0.3 is 0 Å². The average molecular weight is 190 g/mol. The van der Waals surface area contributed by atoms with Gasteiger partial charge in [0.15, 0.2) is 5.82 Å². The predicted octanol–water partition coefficient (Wildman–Crippen LogP) is 1.08. The number of nitrogens with zero attached hydrogens (tertiary/aromatic N) is 3. The molecular weight excluding hydrogens is 178 g/mol. The van der Waals surface area contributed by atoms with E-state index in [-0.39, 0.29) is 5.82 Å². The first-order chi connectivity index (χ1) is 6.15. The molecule has 0 aliphatic carbocycles. The largest absolute Gasteiger partial charge is 0.381 e. The van der Waals surface area contributed by atoms with E-state index in [2.05, 4.69) is 10.3 Å². The van der Waals surface area contributed by atoms with E-state index < -0.39 is 13.0 Å². The number of rotatable bonds is 4. The van der Waals surface area contributed by atoms with Crippen molar-refractivity contribution in [3.8, 4) is 0 Å². The van der Waals surface area contributed by atoms with Crippen LogP contribution in [0.15, 0.2) is 0 Å². The van der Waals surface area contributed by atoms with Gasteiger partial charge in [0.1, 0.15) is 6.54 Å². The van der Waals surface area contributed by atoms with Gasteiger partial charge in [0.2, 0.25) is 0 Å². The Morgan fingerprint density at radius 3 is 2.77 bits per heavy atom. The van der Waals surface area contributed by atoms with Crippen LogP contribution in [0.2, 0.25) is 0 Å². The van der Waals surface area contributed by atoms with Crippen molar-refractivity contribution < 1.29 is 8.78 Å². The van der Waals surface area contributed by atoms with Gasteiger partial charge in [-0.1, -0.05) is 18.6 Å². The third-order valence-corrected chi connectivity index (χ3v) is 1.67. The summed E-state index contributed by atoms with van der Waals surface area (Å²) in [5, 5.41) is 7.08. The summed E-state index contributed by atoms with van der Waals surface area (Å²) in [5.41, 5.74) is 6.06. The van der Waals surface area contributed by atoms with Gasteiger partial charge in [0, 0.05) is 0 Å². The summed E-state index contributed by atoms with van der Waals surface area (Å²) < 4.78 is 25.2. The Morgan fingerprint density at radius 1 is 1.54 bits per heavy atom. The van der Waals surface area contributed by atoms with Crippen molar-refractivity contribution in [2.24, 2.45) is 0 Å². The van der Waals surface area contributed by atoms with E-state index in [1.165, 1.54) is 4.68 Å². The van der Waals surface area contributed by atoms with E-state index in [1.807, 2.05) is 6.92 Å². The van der Waals surface area contributed by atoms with Gasteiger partial charge in [-0.2, -0.15) is 0 Å². The van der Waals surface area contributed by atoms with Crippen LogP contribution in [-0.2, 0) is 13.0 Å². The second-order valence-electron chi connectivity index (χ2n) is 2.74. The molecule has 6 heteroatoms. The van der Waals surface area contributed by atoms with Crippen LogP contribution >= 0.6 is 0 Å². The first-order valence-electron chi connectivity index (χ1n) is 4.11. The quantitative estimate of drug-likeness (QED) is 0.772. The molecule has 0 amide bonds. The van der Waals surface area contributed by atoms with Gasteiger partial charge < -0.3 is 5.73 Å². The Bertz CT molecular complexity index is 271. The van der Waals surface area contributed by atoms with Crippen LogP contribution < -0.4 is 5.73 Å². The zero-order valence-electron chi connectivity index (χ0n) is 7.37. The molecule has 4 nitrogen and oxygen atoms in total. The van der Waals surface area contributed by atoms with E-state index in [9.17, 15) is 8.78 Å². The second kappa shape index (κ2) is 4.15. The number of halogens is 2. The van der Waals surface area contributed by atoms with E-state index >= 15 is 0 Å². The number of alkyl halides is 2. The molecule has 0 saturated carbocycles. The number of hydrogen-bond donors (Lipinski definition) is 1. The van der Waals surface area contributed by atoms with Crippen molar-refractivity contribution in [2.75, 3.05) is 5.73 Å². The lowest BCUT2D eigenvalue weighted by Gasteiger charge is -2.04. The maximum atomic E-state index is 12.0. The van der Waals surface area contributed by atoms with Crippen molar-refractivity contribution in [1.82, 2.24) is 15.0 Å². The van der Waals surface area contributed by atoms with Crippen molar-refractivity contribution in [3.05, 3.63) is 5.69 Å². The summed E-state index contributed by atoms with van der Waals surface area (Å²) in [4.78, 5) is 0. The highest BCUT2D eigenvalue weighted by atomic mass is 19.3. The molecule has 0 fully saturated rings. The molecule has 1 heterocycles. The summed E-state index contributed by atoms with van der Waals surface area (Å²) in [6.45, 7) is 1.51. The molecule has 1 aromatic rings. The van der Waals surface area contributed by atoms with Gasteiger partial charge in [0.25, 0.3) is 6.43 Å². The van der Waals surface area contributed by atoms with E-state index in [4.69, 9.17) is 5.73 Å². The predicted molar refractivity (Wildman–Crippen MR) is 44.4 cm³/mol. The molecule has 0 spiro atoms. The van der Waals surface area contributed by atoms with Crippen molar-refractivity contribution in [3.63, 3.8) is 0 Å². The maximum absolute atomic E-state index is 12.0. The summed E-state index contributed by atoms with van der Waals surface area (Å²) >= 11 is 0. The minimum atomic E-state index is -2.42. The van der Waals surface area contributed by atoms with Gasteiger partial charge in [-0.3, -0.25) is 0 Å². The fraction of sp³-hybridized carbons (Fsp3) is 0.714. The van der Waals surface area contributed by atoms with E-state index in [0.717, 1.165) is 6.42 Å². The van der Waals surface area contributed by atoms with Gasteiger partial charge in [-0.25, -0.2) is 13.5 Å². The van der Waals surface area contributed by atoms with Crippen molar-refractivity contribution in [2.45, 2.75) is 32.7 Å².